The molecule has 0 aromatic rings. The molecule has 0 atom stereocenters. The van der Waals surface area contributed by atoms with Crippen LogP contribution in [0, 0.1) is 0 Å². The number of allylic oxidation sites excluding steroid dienone is 40. The van der Waals surface area contributed by atoms with E-state index >= 15 is 0 Å². The lowest BCUT2D eigenvalue weighted by Gasteiger charge is -2.59. The molecule has 11 aliphatic rings. The van der Waals surface area contributed by atoms with Gasteiger partial charge >= 0.3 is 0 Å². The fourth-order valence-corrected chi connectivity index (χ4v) is 207. The van der Waals surface area contributed by atoms with Crippen LogP contribution in [0.3, 0.4) is 0 Å². The van der Waals surface area contributed by atoms with E-state index in [1.54, 1.807) is 0 Å². The molecule has 55 heavy (non-hydrogen) atoms. The van der Waals surface area contributed by atoms with E-state index in [1.165, 1.54) is 0 Å². The second-order valence-corrected chi connectivity index (χ2v) is 60.9. The summed E-state index contributed by atoms with van der Waals surface area (Å²) < 4.78 is 0. The molecule has 270 valence electrons. The van der Waals surface area contributed by atoms with Crippen molar-refractivity contribution in [1.29, 1.82) is 0 Å². The molecule has 1 heterocycles. The van der Waals surface area contributed by atoms with Crippen LogP contribution in [0.2, 0.25) is 0 Å². The first kappa shape index (κ1) is 34.2. The molecule has 0 bridgehead atoms. The first-order valence-corrected chi connectivity index (χ1v) is 35.9. The molecule has 1 aliphatic heterocycles. The van der Waals surface area contributed by atoms with Crippen LogP contribution in [0.5, 0.6) is 0 Å². The van der Waals surface area contributed by atoms with Crippen molar-refractivity contribution < 1.29 is 0 Å². The fraction of sp³-hybridized carbons (Fsp3) is 0.200. The maximum absolute atomic E-state index is 2.84. The molecule has 0 nitrogen and oxygen atoms in total. The second kappa shape index (κ2) is 13.0. The Bertz CT molecular complexity index is 1870. The molecule has 0 aromatic carbocycles. The van der Waals surface area contributed by atoms with Crippen LogP contribution >= 0.6 is 0 Å². The van der Waals surface area contributed by atoms with Gasteiger partial charge in [0.1, 0.15) is 35.5 Å². The molecule has 0 unspecified atom stereocenters. The van der Waals surface area contributed by atoms with Gasteiger partial charge in [-0.2, -0.15) is 0 Å². The van der Waals surface area contributed by atoms with Gasteiger partial charge in [0.15, 0.2) is 0 Å². The molecule has 0 radical (unpaired) electrons. The van der Waals surface area contributed by atoms with Crippen LogP contribution in [0.1, 0.15) is 64.2 Å². The highest BCUT2D eigenvalue weighted by atomic mass is 30.2. The van der Waals surface area contributed by atoms with E-state index in [4.69, 9.17) is 0 Å². The van der Waals surface area contributed by atoms with Crippen LogP contribution < -0.4 is 0 Å². The summed E-state index contributed by atoms with van der Waals surface area (Å²) in [6.45, 7) is 0. The Hall–Kier alpha value is -4.12. The summed E-state index contributed by atoms with van der Waals surface area (Å²) in [4.78, 5) is 0. The zero-order chi connectivity index (χ0) is 36.6. The van der Waals surface area contributed by atoms with Gasteiger partial charge in [-0.3, -0.25) is 0 Å². The summed E-state index contributed by atoms with van der Waals surface area (Å²) in [5.74, 6) is 0. The summed E-state index contributed by atoms with van der Waals surface area (Å²) in [7, 11) is -14.2. The van der Waals surface area contributed by atoms with Crippen LogP contribution in [-0.4, -0.2) is 35.5 Å². The molecule has 0 aromatic heterocycles. The standard InChI is InChI=1S/C50H50Si5/c1-2-22-41(21-1)51(42-23-3-4-24-42)52(43-25-5-6-26-43,44-27-7-8-28-44)54(47-33-13-14-34-47,48-35-15-16-36-48)55(49-37-17-18-38-49,50-39-19-20-40-50)53(51,45-29-9-10-30-45)46-31-11-12-32-46/h1-21,23,25,27,29,31,33,35,37,39H,22,24,26,28,30,32,34,36,38,40H2. The minimum atomic E-state index is -2.84. The van der Waals surface area contributed by atoms with Crippen LogP contribution in [0.25, 0.3) is 0 Å². The van der Waals surface area contributed by atoms with E-state index in [1.807, 2.05) is 52.0 Å². The van der Waals surface area contributed by atoms with Crippen LogP contribution in [0.15, 0.2) is 234 Å². The molecule has 0 N–H and O–H groups in total. The van der Waals surface area contributed by atoms with E-state index < -0.39 is 35.5 Å². The van der Waals surface area contributed by atoms with Gasteiger partial charge in [0, 0.05) is 0 Å². The van der Waals surface area contributed by atoms with Crippen molar-refractivity contribution in [3.05, 3.63) is 234 Å². The number of rotatable bonds is 10. The molecule has 11 rings (SSSR count). The minimum Gasteiger partial charge on any atom is -0.0809 e. The Labute approximate surface area is 332 Å². The fourth-order valence-electron chi connectivity index (χ4n) is 14.5. The largest absolute Gasteiger partial charge is 0.110 e. The maximum atomic E-state index is 2.78. The monoisotopic (exact) mass is 790 g/mol. The molecule has 0 amide bonds. The lowest BCUT2D eigenvalue weighted by Crippen LogP contribution is -2.82. The molecular formula is C50H50Si5. The second-order valence-electron chi connectivity index (χ2n) is 17.0. The molecule has 1 fully saturated rings. The normalized spacial score (nSPS) is 28.4. The summed E-state index contributed by atoms with van der Waals surface area (Å²) in [5.41, 5.74) is 0. The molecule has 0 spiro atoms. The van der Waals surface area contributed by atoms with Crippen molar-refractivity contribution in [2.75, 3.05) is 0 Å². The summed E-state index contributed by atoms with van der Waals surface area (Å²) in [5, 5.41) is 19.2. The Morgan fingerprint density at radius 1 is 0.182 bits per heavy atom. The summed E-state index contributed by atoms with van der Waals surface area (Å²) in [6.07, 6.45) is 90.1. The Balaban J connectivity index is 1.51. The zero-order valence-corrected chi connectivity index (χ0v) is 36.9. The Morgan fingerprint density at radius 3 is 0.364 bits per heavy atom. The van der Waals surface area contributed by atoms with Crippen LogP contribution in [-0.2, 0) is 0 Å². The van der Waals surface area contributed by atoms with Crippen molar-refractivity contribution in [3.8, 4) is 0 Å². The van der Waals surface area contributed by atoms with Gasteiger partial charge in [0.05, 0.1) is 0 Å². The smallest absolute Gasteiger partial charge is 0.0809 e. The van der Waals surface area contributed by atoms with E-state index in [2.05, 4.69) is 182 Å². The average Bonchev–Trinajstić information content (AvgIpc) is 4.10. The third-order valence-electron chi connectivity index (χ3n) is 15.3. The van der Waals surface area contributed by atoms with Crippen LogP contribution in [0.4, 0.5) is 0 Å². The third kappa shape index (κ3) is 3.92. The van der Waals surface area contributed by atoms with Gasteiger partial charge in [-0.25, -0.2) is 0 Å². The van der Waals surface area contributed by atoms with Gasteiger partial charge in [0.25, 0.3) is 0 Å². The van der Waals surface area contributed by atoms with Crippen molar-refractivity contribution >= 4 is 35.5 Å². The predicted molar refractivity (Wildman–Crippen MR) is 247 cm³/mol. The van der Waals surface area contributed by atoms with Crippen molar-refractivity contribution in [2.24, 2.45) is 0 Å². The highest BCUT2D eigenvalue weighted by Crippen LogP contribution is 2.75. The Morgan fingerprint density at radius 2 is 0.291 bits per heavy atom. The molecular weight excluding hydrogens is 741 g/mol. The third-order valence-corrected chi connectivity index (χ3v) is 115. The van der Waals surface area contributed by atoms with Gasteiger partial charge in [-0.15, -0.1) is 0 Å². The lowest BCUT2D eigenvalue weighted by molar-refractivity contribution is 1.28. The van der Waals surface area contributed by atoms with Gasteiger partial charge in [-0.1, -0.05) is 234 Å². The molecule has 0 saturated carbocycles. The molecule has 1 saturated heterocycles. The van der Waals surface area contributed by atoms with E-state index in [0.29, 0.717) is 0 Å². The van der Waals surface area contributed by atoms with Gasteiger partial charge in [0.2, 0.25) is 0 Å². The number of hydrogen-bond acceptors (Lipinski definition) is 0. The zero-order valence-electron chi connectivity index (χ0n) is 31.9. The predicted octanol–water partition coefficient (Wildman–Crippen LogP) is 11.9. The van der Waals surface area contributed by atoms with Gasteiger partial charge < -0.3 is 0 Å². The SMILES string of the molecule is C1=CCC([Si]2(C3=CC=CC3)[Si](C3=CC=CC3)(C3=CC=CC3)[Si](C3=CC=CC3)(C3=CC=CC3)[Si](C3=CC=CC3)(C3=CC=CC3)[Si]2(C2=CC=CC2)C2=CC=CC2)=C1. The lowest BCUT2D eigenvalue weighted by atomic mass is 10.5. The van der Waals surface area contributed by atoms with E-state index in [9.17, 15) is 0 Å². The topological polar surface area (TPSA) is 0 Å². The molecule has 5 heteroatoms. The highest BCUT2D eigenvalue weighted by Gasteiger charge is 2.96. The van der Waals surface area contributed by atoms with Crippen molar-refractivity contribution in [2.45, 2.75) is 64.2 Å². The highest BCUT2D eigenvalue weighted by molar-refractivity contribution is 8.22. The van der Waals surface area contributed by atoms with E-state index in [-0.39, 0.29) is 0 Å². The quantitative estimate of drug-likeness (QED) is 0.193. The summed E-state index contributed by atoms with van der Waals surface area (Å²) >= 11 is 0. The molecule has 10 aliphatic carbocycles. The first-order valence-electron chi connectivity index (χ1n) is 20.9. The van der Waals surface area contributed by atoms with E-state index in [0.717, 1.165) is 64.2 Å². The first-order chi connectivity index (χ1) is 27.3. The maximum Gasteiger partial charge on any atom is 0.110 e. The number of hydrogen-bond donors (Lipinski definition) is 0. The Kier molecular flexibility index (Phi) is 8.05. The summed E-state index contributed by atoms with van der Waals surface area (Å²) in [6, 6.07) is 0. The minimum absolute atomic E-state index is 1.13. The average molecular weight is 791 g/mol. The van der Waals surface area contributed by atoms with Crippen molar-refractivity contribution in [1.82, 2.24) is 0 Å². The van der Waals surface area contributed by atoms with Crippen molar-refractivity contribution in [3.63, 3.8) is 0 Å². The van der Waals surface area contributed by atoms with Gasteiger partial charge in [-0.05, 0) is 64.2 Å².